The number of nitrogens with zero attached hydrogens (tertiary/aromatic N) is 3. The van der Waals surface area contributed by atoms with E-state index in [1.54, 1.807) is 18.1 Å². The molecule has 0 saturated carbocycles. The Morgan fingerprint density at radius 1 is 1.26 bits per heavy atom. The van der Waals surface area contributed by atoms with Crippen molar-refractivity contribution in [3.05, 3.63) is 58.9 Å². The molecule has 0 aliphatic carbocycles. The number of para-hydroxylation sites is 1. The fraction of sp³-hybridized carbons (Fsp3) is 0.250. The van der Waals surface area contributed by atoms with Crippen molar-refractivity contribution < 1.29 is 14.1 Å². The highest BCUT2D eigenvalue weighted by atomic mass is 35.5. The average molecular weight is 384 g/mol. The number of ether oxygens (including phenoxy) is 1. The summed E-state index contributed by atoms with van der Waals surface area (Å²) < 4.78 is 10.8. The van der Waals surface area contributed by atoms with Crippen LogP contribution in [-0.2, 0) is 4.79 Å². The summed E-state index contributed by atoms with van der Waals surface area (Å²) in [5.74, 6) is 1.46. The molecule has 1 saturated heterocycles. The fourth-order valence-corrected chi connectivity index (χ4v) is 3.38. The number of anilines is 1. The van der Waals surface area contributed by atoms with Crippen molar-refractivity contribution in [3.63, 3.8) is 0 Å². The maximum absolute atomic E-state index is 12.5. The minimum atomic E-state index is -0.149. The van der Waals surface area contributed by atoms with Crippen LogP contribution in [0, 0.1) is 6.92 Å². The highest BCUT2D eigenvalue weighted by Gasteiger charge is 2.35. The largest absolute Gasteiger partial charge is 0.496 e. The van der Waals surface area contributed by atoms with Gasteiger partial charge in [-0.25, -0.2) is 0 Å². The van der Waals surface area contributed by atoms with E-state index in [1.165, 1.54) is 0 Å². The maximum Gasteiger partial charge on any atom is 0.232 e. The summed E-state index contributed by atoms with van der Waals surface area (Å²) in [5.41, 5.74) is 2.51. The van der Waals surface area contributed by atoms with Crippen molar-refractivity contribution in [2.45, 2.75) is 19.3 Å². The Morgan fingerprint density at radius 2 is 2.07 bits per heavy atom. The van der Waals surface area contributed by atoms with E-state index < -0.39 is 0 Å². The van der Waals surface area contributed by atoms with E-state index in [9.17, 15) is 4.79 Å². The number of hydrogen-bond acceptors (Lipinski definition) is 5. The quantitative estimate of drug-likeness (QED) is 0.674. The zero-order valence-corrected chi connectivity index (χ0v) is 15.7. The van der Waals surface area contributed by atoms with Crippen molar-refractivity contribution in [1.29, 1.82) is 0 Å². The predicted octanol–water partition coefficient (Wildman–Crippen LogP) is 4.23. The Bertz CT molecular complexity index is 1000. The summed E-state index contributed by atoms with van der Waals surface area (Å²) in [5, 5.41) is 4.76. The summed E-state index contributed by atoms with van der Waals surface area (Å²) in [4.78, 5) is 18.8. The van der Waals surface area contributed by atoms with Gasteiger partial charge in [0.05, 0.1) is 18.6 Å². The molecule has 2 aromatic carbocycles. The third kappa shape index (κ3) is 3.28. The zero-order chi connectivity index (χ0) is 19.0. The van der Waals surface area contributed by atoms with E-state index in [0.29, 0.717) is 35.5 Å². The molecular weight excluding hydrogens is 366 g/mol. The number of hydrogen-bond donors (Lipinski definition) is 0. The molecule has 27 heavy (non-hydrogen) atoms. The van der Waals surface area contributed by atoms with Crippen molar-refractivity contribution in [2.75, 3.05) is 18.6 Å². The summed E-state index contributed by atoms with van der Waals surface area (Å²) in [7, 11) is 1.60. The molecule has 0 radical (unpaired) electrons. The molecule has 1 aliphatic rings. The maximum atomic E-state index is 12.5. The summed E-state index contributed by atoms with van der Waals surface area (Å²) >= 11 is 6.09. The van der Waals surface area contributed by atoms with Crippen LogP contribution in [0.15, 0.2) is 47.0 Å². The monoisotopic (exact) mass is 383 g/mol. The van der Waals surface area contributed by atoms with Crippen LogP contribution in [0.4, 0.5) is 5.69 Å². The molecule has 2 heterocycles. The Balaban J connectivity index is 1.58. The molecular formula is C20H18ClN3O3. The van der Waals surface area contributed by atoms with Gasteiger partial charge in [-0.15, -0.1) is 0 Å². The third-order valence-electron chi connectivity index (χ3n) is 4.72. The lowest BCUT2D eigenvalue weighted by molar-refractivity contribution is -0.117. The van der Waals surface area contributed by atoms with Crippen LogP contribution in [0.3, 0.4) is 0 Å². The summed E-state index contributed by atoms with van der Waals surface area (Å²) in [6.07, 6.45) is 0.329. The van der Waals surface area contributed by atoms with Crippen LogP contribution >= 0.6 is 11.6 Å². The lowest BCUT2D eigenvalue weighted by Crippen LogP contribution is -2.24. The highest BCUT2D eigenvalue weighted by molar-refractivity contribution is 6.31. The van der Waals surface area contributed by atoms with E-state index in [1.807, 2.05) is 43.3 Å². The second-order valence-corrected chi connectivity index (χ2v) is 6.90. The van der Waals surface area contributed by atoms with Gasteiger partial charge in [-0.2, -0.15) is 4.98 Å². The van der Waals surface area contributed by atoms with E-state index in [0.717, 1.165) is 16.8 Å². The van der Waals surface area contributed by atoms with Gasteiger partial charge in [-0.05, 0) is 42.8 Å². The lowest BCUT2D eigenvalue weighted by atomic mass is 10.1. The van der Waals surface area contributed by atoms with Crippen molar-refractivity contribution in [1.82, 2.24) is 10.1 Å². The van der Waals surface area contributed by atoms with Crippen LogP contribution < -0.4 is 9.64 Å². The first kappa shape index (κ1) is 17.5. The van der Waals surface area contributed by atoms with Gasteiger partial charge in [-0.3, -0.25) is 4.79 Å². The van der Waals surface area contributed by atoms with E-state index in [4.69, 9.17) is 20.9 Å². The molecule has 3 aromatic rings. The molecule has 1 fully saturated rings. The first-order valence-electron chi connectivity index (χ1n) is 8.60. The number of rotatable bonds is 4. The molecule has 138 valence electrons. The third-order valence-corrected chi connectivity index (χ3v) is 5.14. The summed E-state index contributed by atoms with van der Waals surface area (Å²) in [6.45, 7) is 2.41. The number of amides is 1. The molecule has 1 atom stereocenters. The molecule has 1 amide bonds. The zero-order valence-electron chi connectivity index (χ0n) is 15.0. The first-order chi connectivity index (χ1) is 13.1. The van der Waals surface area contributed by atoms with Crippen LogP contribution in [0.5, 0.6) is 5.75 Å². The van der Waals surface area contributed by atoms with Gasteiger partial charge < -0.3 is 14.2 Å². The van der Waals surface area contributed by atoms with Crippen molar-refractivity contribution in [3.8, 4) is 17.1 Å². The smallest absolute Gasteiger partial charge is 0.232 e. The summed E-state index contributed by atoms with van der Waals surface area (Å²) in [6, 6.07) is 13.0. The number of benzene rings is 2. The molecule has 1 aliphatic heterocycles. The van der Waals surface area contributed by atoms with Crippen LogP contribution in [0.25, 0.3) is 11.4 Å². The molecule has 6 nitrogen and oxygen atoms in total. The van der Waals surface area contributed by atoms with Gasteiger partial charge in [0.25, 0.3) is 0 Å². The molecule has 0 bridgehead atoms. The number of carbonyl (C=O) groups excluding carboxylic acids is 1. The Labute approximate surface area is 161 Å². The normalized spacial score (nSPS) is 16.8. The highest BCUT2D eigenvalue weighted by Crippen LogP contribution is 2.34. The van der Waals surface area contributed by atoms with Crippen molar-refractivity contribution in [2.24, 2.45) is 0 Å². The minimum Gasteiger partial charge on any atom is -0.496 e. The van der Waals surface area contributed by atoms with Gasteiger partial charge in [0.1, 0.15) is 5.75 Å². The minimum absolute atomic E-state index is 0.0266. The number of aryl methyl sites for hydroxylation is 1. The number of methoxy groups -OCH3 is 1. The van der Waals surface area contributed by atoms with Crippen LogP contribution in [0.1, 0.15) is 23.8 Å². The molecule has 1 unspecified atom stereocenters. The van der Waals surface area contributed by atoms with E-state index in [2.05, 4.69) is 10.1 Å². The Morgan fingerprint density at radius 3 is 2.85 bits per heavy atom. The Hall–Kier alpha value is -2.86. The van der Waals surface area contributed by atoms with E-state index >= 15 is 0 Å². The second kappa shape index (κ2) is 7.04. The van der Waals surface area contributed by atoms with Crippen molar-refractivity contribution >= 4 is 23.2 Å². The standard InChI is InChI=1S/C20H18ClN3O3/c1-12-9-14(7-8-16(12)21)24-11-13(10-18(24)25)20-22-19(23-27-20)15-5-3-4-6-17(15)26-2/h3-9,13H,10-11H2,1-2H3. The second-order valence-electron chi connectivity index (χ2n) is 6.50. The molecule has 4 rings (SSSR count). The average Bonchev–Trinajstić information content (AvgIpc) is 3.31. The number of aromatic nitrogens is 2. The molecule has 1 aromatic heterocycles. The lowest BCUT2D eigenvalue weighted by Gasteiger charge is -2.17. The predicted molar refractivity (Wildman–Crippen MR) is 102 cm³/mol. The van der Waals surface area contributed by atoms with Gasteiger partial charge in [0.2, 0.25) is 17.6 Å². The number of halogens is 1. The topological polar surface area (TPSA) is 68.5 Å². The fourth-order valence-electron chi connectivity index (χ4n) is 3.26. The Kier molecular flexibility index (Phi) is 4.58. The molecule has 7 heteroatoms. The molecule has 0 spiro atoms. The van der Waals surface area contributed by atoms with Gasteiger partial charge in [0.15, 0.2) is 0 Å². The van der Waals surface area contributed by atoms with E-state index in [-0.39, 0.29) is 11.8 Å². The van der Waals surface area contributed by atoms with Gasteiger partial charge in [-0.1, -0.05) is 28.9 Å². The SMILES string of the molecule is COc1ccccc1-c1noc(C2CC(=O)N(c3ccc(Cl)c(C)c3)C2)n1. The molecule has 0 N–H and O–H groups in total. The van der Waals surface area contributed by atoms with Crippen LogP contribution in [-0.4, -0.2) is 29.7 Å². The van der Waals surface area contributed by atoms with Gasteiger partial charge >= 0.3 is 0 Å². The van der Waals surface area contributed by atoms with Crippen LogP contribution in [0.2, 0.25) is 5.02 Å². The van der Waals surface area contributed by atoms with Gasteiger partial charge in [0, 0.05) is 23.7 Å². The first-order valence-corrected chi connectivity index (χ1v) is 8.98. The number of carbonyl (C=O) groups is 1.